The van der Waals surface area contributed by atoms with Crippen molar-refractivity contribution in [2.24, 2.45) is 0 Å². The number of hydrogen-bond donors (Lipinski definition) is 2. The van der Waals surface area contributed by atoms with Crippen LogP contribution in [0, 0.1) is 6.92 Å². The average Bonchev–Trinajstić information content (AvgIpc) is 3.20. The molecule has 8 nitrogen and oxygen atoms in total. The summed E-state index contributed by atoms with van der Waals surface area (Å²) >= 11 is 6.67. The number of benzene rings is 2. The van der Waals surface area contributed by atoms with E-state index < -0.39 is 0 Å². The molecular weight excluding hydrogens is 428 g/mol. The number of fused-ring (bicyclic) bond motifs is 1. The third-order valence-corrected chi connectivity index (χ3v) is 6.05. The predicted octanol–water partition coefficient (Wildman–Crippen LogP) is 5.11. The van der Waals surface area contributed by atoms with Gasteiger partial charge in [-0.3, -0.25) is 4.98 Å². The topological polar surface area (TPSA) is 114 Å². The first kappa shape index (κ1) is 20.5. The molecule has 1 unspecified atom stereocenters. The van der Waals surface area contributed by atoms with Gasteiger partial charge < -0.3 is 20.9 Å². The molecule has 1 atom stereocenters. The van der Waals surface area contributed by atoms with Gasteiger partial charge in [0.15, 0.2) is 5.75 Å². The molecule has 32 heavy (non-hydrogen) atoms. The van der Waals surface area contributed by atoms with Gasteiger partial charge in [-0.25, -0.2) is 9.67 Å². The van der Waals surface area contributed by atoms with Crippen molar-refractivity contribution < 1.29 is 9.47 Å². The van der Waals surface area contributed by atoms with Crippen LogP contribution in [-0.4, -0.2) is 26.4 Å². The summed E-state index contributed by atoms with van der Waals surface area (Å²) in [6, 6.07) is 8.76. The molecule has 0 aliphatic carbocycles. The summed E-state index contributed by atoms with van der Waals surface area (Å²) < 4.78 is 13.7. The number of nitrogen functional groups attached to an aromatic ring is 2. The van der Waals surface area contributed by atoms with Crippen LogP contribution in [-0.2, 0) is 4.74 Å². The number of halogens is 1. The van der Waals surface area contributed by atoms with Crippen molar-refractivity contribution >= 4 is 34.0 Å². The molecule has 0 radical (unpaired) electrons. The summed E-state index contributed by atoms with van der Waals surface area (Å²) in [5.41, 5.74) is 16.4. The molecule has 0 spiro atoms. The molecule has 1 fully saturated rings. The number of aromatic nitrogens is 4. The van der Waals surface area contributed by atoms with E-state index in [1.165, 1.54) is 0 Å². The quantitative estimate of drug-likeness (QED) is 0.415. The zero-order valence-electron chi connectivity index (χ0n) is 17.6. The molecule has 0 saturated carbocycles. The van der Waals surface area contributed by atoms with Gasteiger partial charge in [-0.1, -0.05) is 17.7 Å². The van der Waals surface area contributed by atoms with Gasteiger partial charge in [0.2, 0.25) is 0 Å². The second-order valence-corrected chi connectivity index (χ2v) is 8.15. The van der Waals surface area contributed by atoms with Gasteiger partial charge in [-0.05, 0) is 50.5 Å². The van der Waals surface area contributed by atoms with Gasteiger partial charge >= 0.3 is 0 Å². The first-order valence-corrected chi connectivity index (χ1v) is 10.8. The molecule has 1 aliphatic heterocycles. The monoisotopic (exact) mass is 450 g/mol. The highest BCUT2D eigenvalue weighted by atomic mass is 35.5. The van der Waals surface area contributed by atoms with Crippen molar-refractivity contribution in [3.8, 4) is 22.8 Å². The van der Waals surface area contributed by atoms with Gasteiger partial charge in [0.1, 0.15) is 22.5 Å². The van der Waals surface area contributed by atoms with E-state index in [0.717, 1.165) is 37.1 Å². The van der Waals surface area contributed by atoms with Crippen molar-refractivity contribution in [2.75, 3.05) is 18.1 Å². The summed E-state index contributed by atoms with van der Waals surface area (Å²) in [5, 5.41) is 4.90. The lowest BCUT2D eigenvalue weighted by Crippen LogP contribution is -2.20. The van der Waals surface area contributed by atoms with Crippen LogP contribution >= 0.6 is 11.6 Å². The van der Waals surface area contributed by atoms with Crippen LogP contribution < -0.4 is 16.2 Å². The number of hydrogen-bond acceptors (Lipinski definition) is 7. The second kappa shape index (κ2) is 8.29. The van der Waals surface area contributed by atoms with Gasteiger partial charge in [0.05, 0.1) is 35.0 Å². The summed E-state index contributed by atoms with van der Waals surface area (Å²) in [6.45, 7) is 2.76. The van der Waals surface area contributed by atoms with E-state index in [1.54, 1.807) is 36.7 Å². The number of rotatable bonds is 4. The molecule has 164 valence electrons. The predicted molar refractivity (Wildman–Crippen MR) is 125 cm³/mol. The highest BCUT2D eigenvalue weighted by molar-refractivity contribution is 6.36. The fourth-order valence-corrected chi connectivity index (χ4v) is 4.13. The Balaban J connectivity index is 1.52. The first-order valence-electron chi connectivity index (χ1n) is 10.5. The van der Waals surface area contributed by atoms with E-state index >= 15 is 0 Å². The molecule has 9 heteroatoms. The molecule has 1 aliphatic rings. The zero-order valence-corrected chi connectivity index (χ0v) is 18.3. The van der Waals surface area contributed by atoms with Crippen molar-refractivity contribution in [1.82, 2.24) is 19.7 Å². The zero-order chi connectivity index (χ0) is 22.2. The Labute approximate surface area is 190 Å². The molecule has 4 aromatic rings. The second-order valence-electron chi connectivity index (χ2n) is 7.77. The van der Waals surface area contributed by atoms with Gasteiger partial charge in [0.25, 0.3) is 0 Å². The highest BCUT2D eigenvalue weighted by Gasteiger charge is 2.21. The maximum Gasteiger partial charge on any atom is 0.152 e. The standard InChI is InChI=1S/C23H23ClN6O2/c1-13-14(11-28-30(13)20-7-2-3-10-31-20)17-12-27-16-8-9-18(21(24)23(16)29-17)32-19-6-4-5-15(25)22(19)26/h4-6,8-9,11-12,20H,2-3,7,10,25-26H2,1H3. The van der Waals surface area contributed by atoms with E-state index in [-0.39, 0.29) is 6.23 Å². The number of nitrogens with zero attached hydrogens (tertiary/aromatic N) is 4. The number of ether oxygens (including phenoxy) is 2. The highest BCUT2D eigenvalue weighted by Crippen LogP contribution is 2.38. The van der Waals surface area contributed by atoms with Crippen molar-refractivity contribution in [1.29, 1.82) is 0 Å². The Kier molecular flexibility index (Phi) is 5.32. The van der Waals surface area contributed by atoms with Crippen molar-refractivity contribution in [3.63, 3.8) is 0 Å². The summed E-state index contributed by atoms with van der Waals surface area (Å²) in [7, 11) is 0. The maximum absolute atomic E-state index is 6.67. The number of anilines is 2. The molecule has 1 saturated heterocycles. The molecule has 2 aromatic carbocycles. The van der Waals surface area contributed by atoms with Crippen LogP contribution in [0.25, 0.3) is 22.3 Å². The molecular formula is C23H23ClN6O2. The van der Waals surface area contributed by atoms with E-state index in [9.17, 15) is 0 Å². The van der Waals surface area contributed by atoms with Gasteiger partial charge in [-0.15, -0.1) is 0 Å². The van der Waals surface area contributed by atoms with Crippen molar-refractivity contribution in [3.05, 3.63) is 53.4 Å². The Bertz CT molecular complexity index is 1300. The van der Waals surface area contributed by atoms with Crippen LogP contribution in [0.3, 0.4) is 0 Å². The van der Waals surface area contributed by atoms with E-state index in [4.69, 9.17) is 37.5 Å². The van der Waals surface area contributed by atoms with Crippen LogP contribution in [0.1, 0.15) is 31.2 Å². The number of para-hydroxylation sites is 1. The van der Waals surface area contributed by atoms with Crippen molar-refractivity contribution in [2.45, 2.75) is 32.4 Å². The lowest BCUT2D eigenvalue weighted by atomic mass is 10.1. The Morgan fingerprint density at radius 2 is 2.00 bits per heavy atom. The molecule has 3 heterocycles. The average molecular weight is 451 g/mol. The third-order valence-electron chi connectivity index (χ3n) is 5.69. The fourth-order valence-electron chi connectivity index (χ4n) is 3.89. The summed E-state index contributed by atoms with van der Waals surface area (Å²) in [4.78, 5) is 9.33. The normalized spacial score (nSPS) is 16.4. The van der Waals surface area contributed by atoms with Crippen LogP contribution in [0.15, 0.2) is 42.7 Å². The summed E-state index contributed by atoms with van der Waals surface area (Å²) in [6.07, 6.45) is 6.65. The van der Waals surface area contributed by atoms with Gasteiger partial charge in [0, 0.05) is 17.9 Å². The maximum atomic E-state index is 6.67. The van der Waals surface area contributed by atoms with Crippen LogP contribution in [0.4, 0.5) is 11.4 Å². The lowest BCUT2D eigenvalue weighted by molar-refractivity contribution is -0.0406. The lowest BCUT2D eigenvalue weighted by Gasteiger charge is -2.24. The minimum Gasteiger partial charge on any atom is -0.453 e. The Hall–Kier alpha value is -3.36. The molecule has 2 aromatic heterocycles. The first-order chi connectivity index (χ1) is 15.5. The molecule has 4 N–H and O–H groups in total. The minimum absolute atomic E-state index is 0.0433. The number of nitrogens with two attached hydrogens (primary N) is 2. The van der Waals surface area contributed by atoms with E-state index in [0.29, 0.717) is 44.6 Å². The molecule has 0 amide bonds. The van der Waals surface area contributed by atoms with Gasteiger partial charge in [-0.2, -0.15) is 5.10 Å². The largest absolute Gasteiger partial charge is 0.453 e. The Morgan fingerprint density at radius 1 is 1.12 bits per heavy atom. The smallest absolute Gasteiger partial charge is 0.152 e. The fraction of sp³-hybridized carbons (Fsp3) is 0.261. The Morgan fingerprint density at radius 3 is 2.81 bits per heavy atom. The van der Waals surface area contributed by atoms with E-state index in [2.05, 4.69) is 10.1 Å². The molecule has 0 bridgehead atoms. The molecule has 5 rings (SSSR count). The van der Waals surface area contributed by atoms with Crippen LogP contribution in [0.2, 0.25) is 5.02 Å². The minimum atomic E-state index is -0.0433. The summed E-state index contributed by atoms with van der Waals surface area (Å²) in [5.74, 6) is 0.853. The van der Waals surface area contributed by atoms with E-state index in [1.807, 2.05) is 17.7 Å². The van der Waals surface area contributed by atoms with Crippen LogP contribution in [0.5, 0.6) is 11.5 Å². The third kappa shape index (κ3) is 3.61. The SMILES string of the molecule is Cc1c(-c2cnc3ccc(Oc4cccc(N)c4N)c(Cl)c3n2)cnn1C1CCCCO1.